The minimum absolute atomic E-state index is 0.978. The molecule has 0 bridgehead atoms. The summed E-state index contributed by atoms with van der Waals surface area (Å²) >= 11 is 1.85. The van der Waals surface area contributed by atoms with Crippen molar-refractivity contribution in [1.29, 1.82) is 0 Å². The Bertz CT molecular complexity index is 418. The lowest BCUT2D eigenvalue weighted by Gasteiger charge is -2.12. The molecule has 0 saturated carbocycles. The van der Waals surface area contributed by atoms with Crippen molar-refractivity contribution in [2.24, 2.45) is 4.99 Å². The molecule has 0 aromatic heterocycles. The third-order valence-electron chi connectivity index (χ3n) is 2.65. The van der Waals surface area contributed by atoms with Gasteiger partial charge in [-0.2, -0.15) is 0 Å². The average molecular weight is 246 g/mol. The van der Waals surface area contributed by atoms with Crippen molar-refractivity contribution in [3.63, 3.8) is 0 Å². The molecule has 2 nitrogen and oxygen atoms in total. The number of benzene rings is 1. The molecule has 2 rings (SSSR count). The summed E-state index contributed by atoms with van der Waals surface area (Å²) in [5, 5.41) is 1.16. The van der Waals surface area contributed by atoms with Crippen LogP contribution in [0.1, 0.15) is 12.0 Å². The Morgan fingerprint density at radius 1 is 1.18 bits per heavy atom. The van der Waals surface area contributed by atoms with E-state index in [1.165, 1.54) is 23.4 Å². The van der Waals surface area contributed by atoms with Gasteiger partial charge in [0, 0.05) is 32.1 Å². The molecule has 90 valence electrons. The molecule has 0 saturated heterocycles. The Morgan fingerprint density at radius 2 is 1.94 bits per heavy atom. The number of anilines is 1. The van der Waals surface area contributed by atoms with E-state index in [9.17, 15) is 0 Å². The molecule has 3 heteroatoms. The molecule has 0 spiro atoms. The first-order chi connectivity index (χ1) is 8.25. The van der Waals surface area contributed by atoms with E-state index in [0.717, 1.165) is 11.6 Å². The van der Waals surface area contributed by atoms with Gasteiger partial charge in [-0.05, 0) is 30.2 Å². The molecule has 0 radical (unpaired) electrons. The summed E-state index contributed by atoms with van der Waals surface area (Å²) in [6, 6.07) is 8.55. The van der Waals surface area contributed by atoms with Crippen LogP contribution in [0.25, 0.3) is 6.08 Å². The third-order valence-corrected chi connectivity index (χ3v) is 3.70. The lowest BCUT2D eigenvalue weighted by molar-refractivity contribution is 0.940. The van der Waals surface area contributed by atoms with Crippen LogP contribution in [-0.4, -0.2) is 31.4 Å². The molecule has 0 amide bonds. The number of hydrogen-bond donors (Lipinski definition) is 0. The molecule has 0 fully saturated rings. The van der Waals surface area contributed by atoms with Crippen molar-refractivity contribution in [2.45, 2.75) is 6.42 Å². The third kappa shape index (κ3) is 3.63. The van der Waals surface area contributed by atoms with Crippen molar-refractivity contribution in [2.75, 3.05) is 31.3 Å². The van der Waals surface area contributed by atoms with Gasteiger partial charge >= 0.3 is 0 Å². The number of aliphatic imine (C=N–C) groups is 1. The standard InChI is InChI=1S/C14H18N2S/c1-16(2)13-7-4-12(5-8-13)6-9-14-15-10-3-11-17-14/h4-9H,3,10-11H2,1-2H3/b9-6+. The minimum atomic E-state index is 0.978. The maximum Gasteiger partial charge on any atom is 0.0904 e. The number of rotatable bonds is 3. The van der Waals surface area contributed by atoms with Crippen LogP contribution in [0.15, 0.2) is 35.3 Å². The fourth-order valence-electron chi connectivity index (χ4n) is 1.63. The monoisotopic (exact) mass is 246 g/mol. The highest BCUT2D eigenvalue weighted by atomic mass is 32.2. The molecule has 1 heterocycles. The Hall–Kier alpha value is -1.22. The zero-order valence-electron chi connectivity index (χ0n) is 10.4. The van der Waals surface area contributed by atoms with Gasteiger partial charge in [-0.15, -0.1) is 11.8 Å². The fraction of sp³-hybridized carbons (Fsp3) is 0.357. The molecule has 1 aromatic rings. The highest BCUT2D eigenvalue weighted by molar-refractivity contribution is 8.14. The van der Waals surface area contributed by atoms with Gasteiger partial charge in [0.1, 0.15) is 0 Å². The van der Waals surface area contributed by atoms with Crippen molar-refractivity contribution in [3.05, 3.63) is 35.9 Å². The van der Waals surface area contributed by atoms with Crippen molar-refractivity contribution >= 4 is 28.6 Å². The van der Waals surface area contributed by atoms with Gasteiger partial charge in [0.15, 0.2) is 0 Å². The Kier molecular flexibility index (Phi) is 4.26. The summed E-state index contributed by atoms with van der Waals surface area (Å²) < 4.78 is 0. The second kappa shape index (κ2) is 5.92. The Labute approximate surface area is 107 Å². The summed E-state index contributed by atoms with van der Waals surface area (Å²) in [5.74, 6) is 1.20. The Balaban J connectivity index is 2.03. The highest BCUT2D eigenvalue weighted by Gasteiger charge is 2.01. The van der Waals surface area contributed by atoms with Gasteiger partial charge < -0.3 is 4.90 Å². The largest absolute Gasteiger partial charge is 0.378 e. The van der Waals surface area contributed by atoms with E-state index < -0.39 is 0 Å². The van der Waals surface area contributed by atoms with Crippen LogP contribution in [0.3, 0.4) is 0 Å². The van der Waals surface area contributed by atoms with Crippen LogP contribution in [0.4, 0.5) is 5.69 Å². The van der Waals surface area contributed by atoms with E-state index in [1.54, 1.807) is 0 Å². The van der Waals surface area contributed by atoms with Crippen LogP contribution in [-0.2, 0) is 0 Å². The number of hydrogen-bond acceptors (Lipinski definition) is 3. The molecule has 0 aliphatic carbocycles. The van der Waals surface area contributed by atoms with Crippen LogP contribution >= 0.6 is 11.8 Å². The fourth-order valence-corrected chi connectivity index (χ4v) is 2.46. The van der Waals surface area contributed by atoms with E-state index in [-0.39, 0.29) is 0 Å². The van der Waals surface area contributed by atoms with Crippen molar-refractivity contribution in [1.82, 2.24) is 0 Å². The van der Waals surface area contributed by atoms with Gasteiger partial charge in [0.25, 0.3) is 0 Å². The molecule has 17 heavy (non-hydrogen) atoms. The molecule has 0 atom stereocenters. The van der Waals surface area contributed by atoms with E-state index in [1.807, 2.05) is 11.8 Å². The van der Waals surface area contributed by atoms with Gasteiger partial charge in [-0.25, -0.2) is 0 Å². The minimum Gasteiger partial charge on any atom is -0.378 e. The van der Waals surface area contributed by atoms with Gasteiger partial charge in [-0.3, -0.25) is 4.99 Å². The first-order valence-corrected chi connectivity index (χ1v) is 6.87. The van der Waals surface area contributed by atoms with Crippen molar-refractivity contribution in [3.8, 4) is 0 Å². The maximum atomic E-state index is 4.47. The summed E-state index contributed by atoms with van der Waals surface area (Å²) in [6.45, 7) is 0.978. The Morgan fingerprint density at radius 3 is 2.53 bits per heavy atom. The second-order valence-electron chi connectivity index (χ2n) is 4.24. The van der Waals surface area contributed by atoms with Crippen LogP contribution in [0, 0.1) is 0 Å². The normalized spacial score (nSPS) is 16.0. The lowest BCUT2D eigenvalue weighted by atomic mass is 10.2. The first kappa shape index (κ1) is 12.2. The number of thioether (sulfide) groups is 1. The smallest absolute Gasteiger partial charge is 0.0904 e. The quantitative estimate of drug-likeness (QED) is 0.813. The van der Waals surface area contributed by atoms with Crippen LogP contribution < -0.4 is 4.90 Å². The average Bonchev–Trinajstić information content (AvgIpc) is 2.38. The predicted octanol–water partition coefficient (Wildman–Crippen LogP) is 3.30. The van der Waals surface area contributed by atoms with Gasteiger partial charge in [0.05, 0.1) is 5.04 Å². The first-order valence-electron chi connectivity index (χ1n) is 5.88. The summed E-state index contributed by atoms with van der Waals surface area (Å²) in [6.07, 6.45) is 5.46. The summed E-state index contributed by atoms with van der Waals surface area (Å²) in [4.78, 5) is 6.58. The second-order valence-corrected chi connectivity index (χ2v) is 5.36. The van der Waals surface area contributed by atoms with Gasteiger partial charge in [-0.1, -0.05) is 18.2 Å². The highest BCUT2D eigenvalue weighted by Crippen LogP contribution is 2.16. The van der Waals surface area contributed by atoms with Crippen LogP contribution in [0.2, 0.25) is 0 Å². The lowest BCUT2D eigenvalue weighted by Crippen LogP contribution is -2.07. The molecule has 0 unspecified atom stereocenters. The van der Waals surface area contributed by atoms with Crippen molar-refractivity contribution < 1.29 is 0 Å². The van der Waals surface area contributed by atoms with E-state index in [0.29, 0.717) is 0 Å². The van der Waals surface area contributed by atoms with E-state index in [4.69, 9.17) is 0 Å². The summed E-state index contributed by atoms with van der Waals surface area (Å²) in [5.41, 5.74) is 2.45. The zero-order valence-corrected chi connectivity index (χ0v) is 11.2. The molecule has 0 N–H and O–H groups in total. The predicted molar refractivity (Wildman–Crippen MR) is 79.2 cm³/mol. The topological polar surface area (TPSA) is 15.6 Å². The van der Waals surface area contributed by atoms with Gasteiger partial charge in [0.2, 0.25) is 0 Å². The maximum absolute atomic E-state index is 4.47. The SMILES string of the molecule is CN(C)c1ccc(/C=C/C2=NCCCS2)cc1. The summed E-state index contributed by atoms with van der Waals surface area (Å²) in [7, 11) is 4.11. The number of nitrogens with zero attached hydrogens (tertiary/aromatic N) is 2. The zero-order chi connectivity index (χ0) is 12.1. The molecule has 1 aromatic carbocycles. The molecular weight excluding hydrogens is 228 g/mol. The van der Waals surface area contributed by atoms with Crippen LogP contribution in [0.5, 0.6) is 0 Å². The van der Waals surface area contributed by atoms with E-state index >= 15 is 0 Å². The van der Waals surface area contributed by atoms with E-state index in [2.05, 4.69) is 60.4 Å². The molecule has 1 aliphatic rings. The molecular formula is C14H18N2S. The molecule has 1 aliphatic heterocycles.